The maximum atomic E-state index is 10.0. The summed E-state index contributed by atoms with van der Waals surface area (Å²) in [6.07, 6.45) is -0.213. The summed E-state index contributed by atoms with van der Waals surface area (Å²) in [4.78, 5) is 9.63. The minimum Gasteiger partial charge on any atom is -0.478 e. The number of rotatable bonds is 2. The molecule has 0 aliphatic heterocycles. The van der Waals surface area contributed by atoms with E-state index in [0.29, 0.717) is 0 Å². The number of hydrogen-bond donors (Lipinski definition) is 1. The third-order valence-electron chi connectivity index (χ3n) is 0.358. The van der Waals surface area contributed by atoms with Gasteiger partial charge in [-0.25, -0.2) is 4.79 Å². The lowest BCUT2D eigenvalue weighted by atomic mass is 10.8. The summed E-state index contributed by atoms with van der Waals surface area (Å²) >= 11 is 0. The smallest absolute Gasteiger partial charge is 0.352 e. The molecule has 0 rings (SSSR count). The van der Waals surface area contributed by atoms with Crippen LogP contribution in [0.3, 0.4) is 0 Å². The molecule has 0 aromatic rings. The predicted octanol–water partition coefficient (Wildman–Crippen LogP) is 0.528. The van der Waals surface area contributed by atoms with Crippen LogP contribution >= 0.6 is 7.80 Å². The topological polar surface area (TPSA) is 54.4 Å². The van der Waals surface area contributed by atoms with Crippen LogP contribution < -0.4 is 0 Å². The summed E-state index contributed by atoms with van der Waals surface area (Å²) in [5.74, 6) is -0.997. The van der Waals surface area contributed by atoms with Crippen LogP contribution in [0.25, 0.3) is 0 Å². The van der Waals surface area contributed by atoms with Crippen molar-refractivity contribution in [1.82, 2.24) is 0 Å². The number of aliphatic carboxylic acids is 1. The normalized spacial score (nSPS) is 10.7. The fourth-order valence-electron chi connectivity index (χ4n) is 0.190. The second-order valence-corrected chi connectivity index (χ2v) is 2.75. The second kappa shape index (κ2) is 2.69. The lowest BCUT2D eigenvalue weighted by Crippen LogP contribution is -1.96. The Morgan fingerprint density at radius 2 is 2.29 bits per heavy atom. The fourth-order valence-corrected chi connectivity index (χ4v) is 0.571. The van der Waals surface area contributed by atoms with E-state index in [1.807, 2.05) is 0 Å². The molecule has 0 aromatic carbocycles. The zero-order chi connectivity index (χ0) is 5.86. The summed E-state index contributed by atoms with van der Waals surface area (Å²) in [5.41, 5.74) is 0. The molecular weight excluding hydrogens is 115 g/mol. The van der Waals surface area contributed by atoms with E-state index in [2.05, 4.69) is 0 Å². The Morgan fingerprint density at radius 3 is 2.29 bits per heavy atom. The van der Waals surface area contributed by atoms with Crippen molar-refractivity contribution < 1.29 is 14.5 Å². The Bertz CT molecular complexity index is 86.4. The first kappa shape index (κ1) is 6.57. The summed E-state index contributed by atoms with van der Waals surface area (Å²) in [6, 6.07) is 0. The van der Waals surface area contributed by atoms with E-state index in [1.165, 1.54) is 6.66 Å². The molecule has 0 aromatic heterocycles. The molecule has 4 heteroatoms. The van der Waals surface area contributed by atoms with Crippen LogP contribution in [0.1, 0.15) is 0 Å². The molecule has 40 valence electrons. The van der Waals surface area contributed by atoms with Gasteiger partial charge in [-0.3, -0.25) is 0 Å². The van der Waals surface area contributed by atoms with Crippen molar-refractivity contribution in [3.8, 4) is 0 Å². The molecule has 7 heavy (non-hydrogen) atoms. The average molecular weight is 121 g/mol. The number of carboxylic acids is 1. The highest BCUT2D eigenvalue weighted by Crippen LogP contribution is 2.10. The predicted molar refractivity (Wildman–Crippen MR) is 26.0 cm³/mol. The van der Waals surface area contributed by atoms with Crippen LogP contribution in [0.4, 0.5) is 0 Å². The Labute approximate surface area is 42.1 Å². The van der Waals surface area contributed by atoms with Gasteiger partial charge in [0.05, 0.1) is 0 Å². The molecular formula is C3H6O3P+. The van der Waals surface area contributed by atoms with Crippen molar-refractivity contribution >= 4 is 13.8 Å². The Morgan fingerprint density at radius 1 is 1.86 bits per heavy atom. The molecule has 0 saturated carbocycles. The van der Waals surface area contributed by atoms with Gasteiger partial charge in [0.15, 0.2) is 0 Å². The third kappa shape index (κ3) is 5.57. The van der Waals surface area contributed by atoms with Gasteiger partial charge in [0.2, 0.25) is 6.16 Å². The van der Waals surface area contributed by atoms with Gasteiger partial charge < -0.3 is 5.11 Å². The van der Waals surface area contributed by atoms with Gasteiger partial charge in [-0.05, 0) is 0 Å². The molecule has 0 amide bonds. The van der Waals surface area contributed by atoms with Gasteiger partial charge in [-0.1, -0.05) is 4.57 Å². The van der Waals surface area contributed by atoms with Crippen molar-refractivity contribution in [3.63, 3.8) is 0 Å². The molecule has 0 heterocycles. The van der Waals surface area contributed by atoms with Crippen LogP contribution in [-0.2, 0) is 9.36 Å². The lowest BCUT2D eigenvalue weighted by Gasteiger charge is -1.70. The van der Waals surface area contributed by atoms with Crippen molar-refractivity contribution in [2.75, 3.05) is 12.8 Å². The molecule has 0 spiro atoms. The van der Waals surface area contributed by atoms with E-state index in [1.54, 1.807) is 0 Å². The minimum atomic E-state index is -1.49. The molecule has 0 fully saturated rings. The molecule has 1 atom stereocenters. The number of hydrogen-bond acceptors (Lipinski definition) is 2. The molecule has 0 saturated heterocycles. The monoisotopic (exact) mass is 121 g/mol. The van der Waals surface area contributed by atoms with E-state index in [9.17, 15) is 9.36 Å². The molecule has 0 aliphatic carbocycles. The van der Waals surface area contributed by atoms with Crippen molar-refractivity contribution in [2.24, 2.45) is 0 Å². The molecule has 3 nitrogen and oxygen atoms in total. The van der Waals surface area contributed by atoms with Gasteiger partial charge in [0.25, 0.3) is 0 Å². The van der Waals surface area contributed by atoms with Gasteiger partial charge in [-0.2, -0.15) is 0 Å². The molecule has 1 N–H and O–H groups in total. The summed E-state index contributed by atoms with van der Waals surface area (Å²) in [5, 5.41) is 7.90. The maximum Gasteiger partial charge on any atom is 0.352 e. The first-order valence-electron chi connectivity index (χ1n) is 1.73. The van der Waals surface area contributed by atoms with Gasteiger partial charge in [0.1, 0.15) is 6.66 Å². The molecule has 0 radical (unpaired) electrons. The van der Waals surface area contributed by atoms with Crippen LogP contribution in [0.5, 0.6) is 0 Å². The summed E-state index contributed by atoms with van der Waals surface area (Å²) in [6.45, 7) is 1.39. The van der Waals surface area contributed by atoms with E-state index in [0.717, 1.165) is 0 Å². The fraction of sp³-hybridized carbons (Fsp3) is 0.667. The van der Waals surface area contributed by atoms with Crippen LogP contribution in [0, 0.1) is 0 Å². The van der Waals surface area contributed by atoms with Gasteiger partial charge >= 0.3 is 13.8 Å². The Kier molecular flexibility index (Phi) is 2.53. The maximum absolute atomic E-state index is 10.0. The first-order valence-corrected chi connectivity index (χ1v) is 3.62. The number of carboxylic acid groups (broad SMARTS) is 1. The Hall–Kier alpha value is -0.430. The van der Waals surface area contributed by atoms with E-state index >= 15 is 0 Å². The zero-order valence-corrected chi connectivity index (χ0v) is 4.81. The summed E-state index contributed by atoms with van der Waals surface area (Å²) in [7, 11) is -1.49. The van der Waals surface area contributed by atoms with Crippen molar-refractivity contribution in [1.29, 1.82) is 0 Å². The SMILES string of the molecule is C[P+](=O)CC(=O)O. The molecule has 0 bridgehead atoms. The van der Waals surface area contributed by atoms with E-state index < -0.39 is 13.8 Å². The highest BCUT2D eigenvalue weighted by atomic mass is 31.1. The van der Waals surface area contributed by atoms with Crippen LogP contribution in [0.2, 0.25) is 0 Å². The second-order valence-electron chi connectivity index (χ2n) is 1.18. The van der Waals surface area contributed by atoms with Crippen LogP contribution in [0.15, 0.2) is 0 Å². The van der Waals surface area contributed by atoms with Gasteiger partial charge in [0, 0.05) is 0 Å². The first-order chi connectivity index (χ1) is 3.13. The van der Waals surface area contributed by atoms with Gasteiger partial charge in [-0.15, -0.1) is 0 Å². The third-order valence-corrected chi connectivity index (χ3v) is 1.07. The minimum absolute atomic E-state index is 0.213. The zero-order valence-electron chi connectivity index (χ0n) is 3.92. The molecule has 1 unspecified atom stereocenters. The Balaban J connectivity index is 3.32. The summed E-state index contributed by atoms with van der Waals surface area (Å²) < 4.78 is 10.0. The number of carbonyl (C=O) groups is 1. The lowest BCUT2D eigenvalue weighted by molar-refractivity contribution is -0.134. The largest absolute Gasteiger partial charge is 0.478 e. The molecule has 0 aliphatic rings. The highest BCUT2D eigenvalue weighted by Gasteiger charge is 2.10. The quantitative estimate of drug-likeness (QED) is 0.542. The highest BCUT2D eigenvalue weighted by molar-refractivity contribution is 7.44. The standard InChI is InChI=1S/C3H5O3P/c1-7(6)2-3(4)5/h2H2,1H3/p+1. The van der Waals surface area contributed by atoms with E-state index in [-0.39, 0.29) is 6.16 Å². The van der Waals surface area contributed by atoms with Crippen LogP contribution in [-0.4, -0.2) is 23.9 Å². The van der Waals surface area contributed by atoms with Crippen molar-refractivity contribution in [3.05, 3.63) is 0 Å². The van der Waals surface area contributed by atoms with Crippen molar-refractivity contribution in [2.45, 2.75) is 0 Å². The average Bonchev–Trinajstić information content (AvgIpc) is 1.27. The van der Waals surface area contributed by atoms with E-state index in [4.69, 9.17) is 5.11 Å².